The highest BCUT2D eigenvalue weighted by atomic mass is 19.1. The molecule has 0 spiro atoms. The molecule has 7 nitrogen and oxygen atoms in total. The number of hydrogen-bond acceptors (Lipinski definition) is 5. The maximum atomic E-state index is 14.6. The fourth-order valence-electron chi connectivity index (χ4n) is 4.55. The number of anilines is 1. The molecule has 0 bridgehead atoms. The normalized spacial score (nSPS) is 17.3. The Morgan fingerprint density at radius 3 is 2.84 bits per heavy atom. The van der Waals surface area contributed by atoms with Gasteiger partial charge in [-0.25, -0.2) is 19.2 Å². The molecule has 2 unspecified atom stereocenters. The van der Waals surface area contributed by atoms with E-state index in [1.165, 1.54) is 18.2 Å². The van der Waals surface area contributed by atoms with E-state index >= 15 is 0 Å². The van der Waals surface area contributed by atoms with E-state index in [1.54, 1.807) is 0 Å². The Hall–Kier alpha value is -3.42. The molecule has 4 rings (SSSR count). The maximum absolute atomic E-state index is 14.6. The van der Waals surface area contributed by atoms with Crippen LogP contribution in [0.2, 0.25) is 0 Å². The first-order chi connectivity index (χ1) is 15.4. The molecule has 1 fully saturated rings. The summed E-state index contributed by atoms with van der Waals surface area (Å²) in [5.74, 6) is 0.132. The van der Waals surface area contributed by atoms with Gasteiger partial charge >= 0.3 is 6.09 Å². The molecule has 3 aromatic rings. The second-order valence-electron chi connectivity index (χ2n) is 8.34. The van der Waals surface area contributed by atoms with Crippen LogP contribution in [0, 0.1) is 18.7 Å². The maximum Gasteiger partial charge on any atom is 0.404 e. The molecule has 3 N–H and O–H groups in total. The summed E-state index contributed by atoms with van der Waals surface area (Å²) < 4.78 is 14.6. The fourth-order valence-corrected chi connectivity index (χ4v) is 4.55. The van der Waals surface area contributed by atoms with E-state index in [0.29, 0.717) is 24.3 Å². The minimum Gasteiger partial charge on any atom is -0.507 e. The van der Waals surface area contributed by atoms with Crippen LogP contribution in [0.1, 0.15) is 31.7 Å². The van der Waals surface area contributed by atoms with Crippen LogP contribution in [-0.4, -0.2) is 45.4 Å². The van der Waals surface area contributed by atoms with Gasteiger partial charge in [0.15, 0.2) is 5.82 Å². The monoisotopic (exact) mass is 438 g/mol. The topological polar surface area (TPSA) is 98.6 Å². The zero-order valence-corrected chi connectivity index (χ0v) is 18.2. The number of benzene rings is 2. The number of halogens is 1. The van der Waals surface area contributed by atoms with Crippen molar-refractivity contribution in [2.24, 2.45) is 5.92 Å². The lowest BCUT2D eigenvalue weighted by Crippen LogP contribution is -2.47. The second kappa shape index (κ2) is 8.98. The molecule has 0 aliphatic carbocycles. The Labute approximate surface area is 185 Å². The third-order valence-electron chi connectivity index (χ3n) is 6.12. The van der Waals surface area contributed by atoms with Crippen molar-refractivity contribution in [1.29, 1.82) is 0 Å². The largest absolute Gasteiger partial charge is 0.507 e. The third-order valence-corrected chi connectivity index (χ3v) is 6.12. The van der Waals surface area contributed by atoms with Gasteiger partial charge < -0.3 is 20.4 Å². The minimum absolute atomic E-state index is 0.0234. The average molecular weight is 439 g/mol. The van der Waals surface area contributed by atoms with E-state index in [9.17, 15) is 19.4 Å². The molecular weight excluding hydrogens is 411 g/mol. The molecule has 1 aromatic heterocycles. The van der Waals surface area contributed by atoms with Crippen LogP contribution in [0.25, 0.3) is 22.3 Å². The summed E-state index contributed by atoms with van der Waals surface area (Å²) in [6.45, 7) is 5.31. The van der Waals surface area contributed by atoms with Gasteiger partial charge in [-0.2, -0.15) is 0 Å². The summed E-state index contributed by atoms with van der Waals surface area (Å²) in [6, 6.07) is 9.85. The SMILES string of the molecule is CCC(NC(=O)O)C1CCCN(c2nc(-c3c(O)cccc3F)nc3cc(C)ccc23)C1. The third kappa shape index (κ3) is 4.30. The van der Waals surface area contributed by atoms with E-state index in [4.69, 9.17) is 4.98 Å². The minimum atomic E-state index is -1.02. The number of aromatic nitrogens is 2. The highest BCUT2D eigenvalue weighted by Gasteiger charge is 2.29. The van der Waals surface area contributed by atoms with E-state index in [2.05, 4.69) is 15.2 Å². The number of nitrogens with one attached hydrogen (secondary N) is 1. The van der Waals surface area contributed by atoms with Gasteiger partial charge in [0.2, 0.25) is 0 Å². The van der Waals surface area contributed by atoms with Crippen LogP contribution in [0.3, 0.4) is 0 Å². The number of nitrogens with zero attached hydrogens (tertiary/aromatic N) is 3. The van der Waals surface area contributed by atoms with E-state index < -0.39 is 11.9 Å². The van der Waals surface area contributed by atoms with Gasteiger partial charge in [-0.15, -0.1) is 0 Å². The zero-order valence-electron chi connectivity index (χ0n) is 18.2. The molecular formula is C24H27FN4O3. The molecule has 2 aromatic carbocycles. The predicted octanol–water partition coefficient (Wildman–Crippen LogP) is 4.71. The summed E-state index contributed by atoms with van der Waals surface area (Å²) >= 11 is 0. The molecule has 0 radical (unpaired) electrons. The molecule has 168 valence electrons. The summed E-state index contributed by atoms with van der Waals surface area (Å²) in [6.07, 6.45) is 1.48. The van der Waals surface area contributed by atoms with Gasteiger partial charge in [0, 0.05) is 24.5 Å². The number of carbonyl (C=O) groups is 1. The summed E-state index contributed by atoms with van der Waals surface area (Å²) in [5, 5.41) is 23.0. The number of phenolic OH excluding ortho intramolecular Hbond substituents is 1. The van der Waals surface area contributed by atoms with Crippen LogP contribution in [0.4, 0.5) is 15.0 Å². The Morgan fingerprint density at radius 1 is 1.31 bits per heavy atom. The Balaban J connectivity index is 1.80. The first-order valence-electron chi connectivity index (χ1n) is 10.9. The van der Waals surface area contributed by atoms with Gasteiger partial charge in [0.05, 0.1) is 11.1 Å². The number of aryl methyl sites for hydroxylation is 1. The summed E-state index contributed by atoms with van der Waals surface area (Å²) in [7, 11) is 0. The smallest absolute Gasteiger partial charge is 0.404 e. The number of aromatic hydroxyl groups is 1. The molecule has 1 saturated heterocycles. The lowest BCUT2D eigenvalue weighted by atomic mass is 9.89. The molecule has 1 amide bonds. The standard InChI is InChI=1S/C24H27FN4O3/c1-3-18(27-24(31)32)15-6-5-11-29(13-15)23-16-10-9-14(2)12-19(16)26-22(28-23)21-17(25)7-4-8-20(21)30/h4,7-10,12,15,18,27,30H,3,5-6,11,13H2,1-2H3,(H,31,32). The van der Waals surface area contributed by atoms with Crippen molar-refractivity contribution in [3.63, 3.8) is 0 Å². The van der Waals surface area contributed by atoms with Gasteiger partial charge in [-0.1, -0.05) is 19.1 Å². The van der Waals surface area contributed by atoms with E-state index in [0.717, 1.165) is 30.3 Å². The van der Waals surface area contributed by atoms with E-state index in [-0.39, 0.29) is 29.1 Å². The second-order valence-corrected chi connectivity index (χ2v) is 8.34. The number of piperidine rings is 1. The fraction of sp³-hybridized carbons (Fsp3) is 0.375. The zero-order chi connectivity index (χ0) is 22.8. The van der Waals surface area contributed by atoms with Gasteiger partial charge in [0.25, 0.3) is 0 Å². The predicted molar refractivity (Wildman–Crippen MR) is 122 cm³/mol. The van der Waals surface area contributed by atoms with Crippen LogP contribution in [0.5, 0.6) is 5.75 Å². The number of hydrogen-bond donors (Lipinski definition) is 3. The Morgan fingerprint density at radius 2 is 2.12 bits per heavy atom. The highest BCUT2D eigenvalue weighted by molar-refractivity contribution is 5.92. The molecule has 8 heteroatoms. The first kappa shape index (κ1) is 21.8. The van der Waals surface area contributed by atoms with Crippen molar-refractivity contribution in [3.8, 4) is 17.1 Å². The van der Waals surface area contributed by atoms with Crippen LogP contribution in [0.15, 0.2) is 36.4 Å². The lowest BCUT2D eigenvalue weighted by Gasteiger charge is -2.37. The van der Waals surface area contributed by atoms with Crippen molar-refractivity contribution in [1.82, 2.24) is 15.3 Å². The van der Waals surface area contributed by atoms with Crippen LogP contribution in [-0.2, 0) is 0 Å². The van der Waals surface area contributed by atoms with Gasteiger partial charge in [-0.05, 0) is 61.9 Å². The lowest BCUT2D eigenvalue weighted by molar-refractivity contribution is 0.180. The molecule has 1 aliphatic rings. The van der Waals surface area contributed by atoms with Crippen molar-refractivity contribution < 1.29 is 19.4 Å². The quantitative estimate of drug-likeness (QED) is 0.534. The van der Waals surface area contributed by atoms with Crippen molar-refractivity contribution >= 4 is 22.8 Å². The van der Waals surface area contributed by atoms with Crippen LogP contribution >= 0.6 is 0 Å². The van der Waals surface area contributed by atoms with Crippen LogP contribution < -0.4 is 10.2 Å². The van der Waals surface area contributed by atoms with E-state index in [1.807, 2.05) is 32.0 Å². The van der Waals surface area contributed by atoms with Crippen molar-refractivity contribution in [2.45, 2.75) is 39.2 Å². The van der Waals surface area contributed by atoms with Crippen molar-refractivity contribution in [3.05, 3.63) is 47.8 Å². The number of phenols is 1. The van der Waals surface area contributed by atoms with Gasteiger partial charge in [-0.3, -0.25) is 0 Å². The number of carboxylic acid groups (broad SMARTS) is 1. The summed E-state index contributed by atoms with van der Waals surface area (Å²) in [4.78, 5) is 22.6. The number of fused-ring (bicyclic) bond motifs is 1. The number of rotatable bonds is 5. The number of amides is 1. The average Bonchev–Trinajstić information content (AvgIpc) is 2.76. The Bertz CT molecular complexity index is 1130. The molecule has 2 atom stereocenters. The van der Waals surface area contributed by atoms with Gasteiger partial charge in [0.1, 0.15) is 17.4 Å². The molecule has 1 aliphatic heterocycles. The first-order valence-corrected chi connectivity index (χ1v) is 10.9. The molecule has 32 heavy (non-hydrogen) atoms. The Kier molecular flexibility index (Phi) is 6.12. The summed E-state index contributed by atoms with van der Waals surface area (Å²) in [5.41, 5.74) is 1.66. The highest BCUT2D eigenvalue weighted by Crippen LogP contribution is 2.35. The molecule has 2 heterocycles. The van der Waals surface area contributed by atoms with Crippen molar-refractivity contribution in [2.75, 3.05) is 18.0 Å². The molecule has 0 saturated carbocycles.